The lowest BCUT2D eigenvalue weighted by molar-refractivity contribution is 0.649. The number of hydrogen-bond donors (Lipinski definition) is 3. The first-order chi connectivity index (χ1) is 15.4. The van der Waals surface area contributed by atoms with E-state index < -0.39 is 0 Å². The Morgan fingerprint density at radius 1 is 1.16 bits per heavy atom. The van der Waals surface area contributed by atoms with Crippen molar-refractivity contribution in [1.82, 2.24) is 19.9 Å². The minimum absolute atomic E-state index is 0.153. The number of anilines is 2. The van der Waals surface area contributed by atoms with E-state index in [2.05, 4.69) is 45.4 Å². The van der Waals surface area contributed by atoms with Crippen LogP contribution in [0.25, 0.3) is 0 Å². The Morgan fingerprint density at radius 2 is 1.97 bits per heavy atom. The molecule has 0 unspecified atom stereocenters. The number of hydrogen-bond acceptors (Lipinski definition) is 6. The van der Waals surface area contributed by atoms with Gasteiger partial charge in [-0.3, -0.25) is 4.79 Å². The van der Waals surface area contributed by atoms with Gasteiger partial charge < -0.3 is 20.9 Å². The number of aryl methyl sites for hydroxylation is 4. The molecule has 4 N–H and O–H groups in total. The molecule has 0 aliphatic heterocycles. The topological polar surface area (TPSA) is 97.9 Å². The van der Waals surface area contributed by atoms with Gasteiger partial charge in [0.15, 0.2) is 5.82 Å². The van der Waals surface area contributed by atoms with Gasteiger partial charge in [-0.2, -0.15) is 0 Å². The van der Waals surface area contributed by atoms with E-state index in [1.54, 1.807) is 16.8 Å². The summed E-state index contributed by atoms with van der Waals surface area (Å²) in [5.41, 5.74) is 13.0. The van der Waals surface area contributed by atoms with E-state index in [4.69, 9.17) is 5.73 Å². The Kier molecular flexibility index (Phi) is 6.25. The molecule has 0 amide bonds. The summed E-state index contributed by atoms with van der Waals surface area (Å²) in [6.45, 7) is 9.40. The summed E-state index contributed by atoms with van der Waals surface area (Å²) in [5, 5.41) is 6.50. The van der Waals surface area contributed by atoms with Gasteiger partial charge in [-0.15, -0.1) is 0 Å². The molecule has 2 heterocycles. The van der Waals surface area contributed by atoms with E-state index in [9.17, 15) is 4.79 Å². The summed E-state index contributed by atoms with van der Waals surface area (Å²) in [5.74, 6) is 0.853. The number of pyridine rings is 1. The normalized spacial score (nSPS) is 12.4. The zero-order valence-electron chi connectivity index (χ0n) is 18.7. The third kappa shape index (κ3) is 4.82. The van der Waals surface area contributed by atoms with Crippen LogP contribution in [-0.2, 0) is 32.5 Å². The molecule has 166 valence electrons. The average Bonchev–Trinajstić information content (AvgIpc) is 3.23. The fraction of sp³-hybridized carbons (Fsp3) is 0.320. The first-order valence-electron chi connectivity index (χ1n) is 11.0. The third-order valence-electron chi connectivity index (χ3n) is 5.97. The molecule has 0 atom stereocenters. The number of benzene rings is 1. The molecule has 32 heavy (non-hydrogen) atoms. The Balaban J connectivity index is 1.41. The first kappa shape index (κ1) is 21.6. The molecule has 0 fully saturated rings. The standard InChI is InChI=1S/C25H30N6O/c1-16(27-14-22-9-10-23(26)30-18(22)3)15-31-17(2)12-28-24(25(31)32)29-13-19-7-8-20-5-4-6-21(20)11-19/h7-12,27H,1,4-6,13-15H2,2-3H3,(H2,26,30)(H,28,29). The molecule has 0 radical (unpaired) electrons. The monoisotopic (exact) mass is 430 g/mol. The summed E-state index contributed by atoms with van der Waals surface area (Å²) in [4.78, 5) is 21.7. The molecule has 1 aliphatic carbocycles. The molecule has 7 nitrogen and oxygen atoms in total. The summed E-state index contributed by atoms with van der Waals surface area (Å²) >= 11 is 0. The van der Waals surface area contributed by atoms with E-state index in [0.29, 0.717) is 31.3 Å². The summed E-state index contributed by atoms with van der Waals surface area (Å²) < 4.78 is 1.68. The Labute approximate surface area is 188 Å². The second kappa shape index (κ2) is 9.26. The minimum Gasteiger partial charge on any atom is -0.384 e. The molecular weight excluding hydrogens is 400 g/mol. The Bertz CT molecular complexity index is 1210. The van der Waals surface area contributed by atoms with Crippen molar-refractivity contribution < 1.29 is 0 Å². The van der Waals surface area contributed by atoms with Crippen molar-refractivity contribution in [3.63, 3.8) is 0 Å². The summed E-state index contributed by atoms with van der Waals surface area (Å²) in [7, 11) is 0. The molecule has 1 aliphatic rings. The SMILES string of the molecule is C=C(Cn1c(C)cnc(NCc2ccc3c(c2)CCC3)c1=O)NCc1ccc(N)nc1C. The fourth-order valence-electron chi connectivity index (χ4n) is 4.07. The predicted octanol–water partition coefficient (Wildman–Crippen LogP) is 3.24. The molecule has 3 aromatic rings. The maximum absolute atomic E-state index is 13.0. The molecule has 0 saturated heterocycles. The number of rotatable bonds is 8. The highest BCUT2D eigenvalue weighted by Gasteiger charge is 2.12. The number of nitrogen functional groups attached to an aromatic ring is 1. The van der Waals surface area contributed by atoms with E-state index in [-0.39, 0.29) is 5.56 Å². The van der Waals surface area contributed by atoms with Crippen molar-refractivity contribution in [2.45, 2.75) is 52.7 Å². The second-order valence-corrected chi connectivity index (χ2v) is 8.39. The van der Waals surface area contributed by atoms with E-state index in [1.807, 2.05) is 19.9 Å². The predicted molar refractivity (Wildman–Crippen MR) is 128 cm³/mol. The third-order valence-corrected chi connectivity index (χ3v) is 5.97. The van der Waals surface area contributed by atoms with Gasteiger partial charge in [-0.05, 0) is 61.4 Å². The lowest BCUT2D eigenvalue weighted by atomic mass is 10.1. The van der Waals surface area contributed by atoms with Gasteiger partial charge in [-0.25, -0.2) is 9.97 Å². The van der Waals surface area contributed by atoms with Crippen molar-refractivity contribution in [2.24, 2.45) is 0 Å². The Morgan fingerprint density at radius 3 is 2.78 bits per heavy atom. The van der Waals surface area contributed by atoms with Gasteiger partial charge >= 0.3 is 0 Å². The zero-order valence-corrected chi connectivity index (χ0v) is 18.7. The number of aromatic nitrogens is 3. The highest BCUT2D eigenvalue weighted by molar-refractivity contribution is 5.39. The van der Waals surface area contributed by atoms with Crippen LogP contribution in [0.3, 0.4) is 0 Å². The van der Waals surface area contributed by atoms with Gasteiger partial charge in [0.05, 0.1) is 6.54 Å². The van der Waals surface area contributed by atoms with Gasteiger partial charge in [0, 0.05) is 36.4 Å². The Hall–Kier alpha value is -3.61. The molecule has 1 aromatic carbocycles. The van der Waals surface area contributed by atoms with Crippen LogP contribution in [0, 0.1) is 13.8 Å². The van der Waals surface area contributed by atoms with Crippen LogP contribution in [-0.4, -0.2) is 14.5 Å². The van der Waals surface area contributed by atoms with Crippen molar-refractivity contribution in [2.75, 3.05) is 11.1 Å². The second-order valence-electron chi connectivity index (χ2n) is 8.39. The van der Waals surface area contributed by atoms with Crippen LogP contribution in [0.5, 0.6) is 0 Å². The number of nitrogens with zero attached hydrogens (tertiary/aromatic N) is 3. The quantitative estimate of drug-likeness (QED) is 0.508. The molecule has 4 rings (SSSR count). The van der Waals surface area contributed by atoms with E-state index >= 15 is 0 Å². The highest BCUT2D eigenvalue weighted by Crippen LogP contribution is 2.23. The molecule has 0 bridgehead atoms. The fourth-order valence-corrected chi connectivity index (χ4v) is 4.07. The summed E-state index contributed by atoms with van der Waals surface area (Å²) in [6, 6.07) is 10.3. The minimum atomic E-state index is -0.153. The van der Waals surface area contributed by atoms with Gasteiger partial charge in [-0.1, -0.05) is 30.8 Å². The molecule has 0 saturated carbocycles. The lowest BCUT2D eigenvalue weighted by Gasteiger charge is -2.16. The summed E-state index contributed by atoms with van der Waals surface area (Å²) in [6.07, 6.45) is 5.25. The number of fused-ring (bicyclic) bond motifs is 1. The molecule has 7 heteroatoms. The molecular formula is C25H30N6O. The van der Waals surface area contributed by atoms with Crippen molar-refractivity contribution in [3.05, 3.63) is 92.8 Å². The first-order valence-corrected chi connectivity index (χ1v) is 11.0. The highest BCUT2D eigenvalue weighted by atomic mass is 16.1. The smallest absolute Gasteiger partial charge is 0.293 e. The van der Waals surface area contributed by atoms with Gasteiger partial charge in [0.25, 0.3) is 5.56 Å². The van der Waals surface area contributed by atoms with E-state index in [1.165, 1.54) is 24.0 Å². The van der Waals surface area contributed by atoms with Crippen molar-refractivity contribution in [1.29, 1.82) is 0 Å². The maximum atomic E-state index is 13.0. The zero-order chi connectivity index (χ0) is 22.7. The van der Waals surface area contributed by atoms with Crippen LogP contribution < -0.4 is 21.9 Å². The van der Waals surface area contributed by atoms with Crippen molar-refractivity contribution >= 4 is 11.6 Å². The van der Waals surface area contributed by atoms with Gasteiger partial charge in [0.2, 0.25) is 0 Å². The van der Waals surface area contributed by atoms with Crippen molar-refractivity contribution in [3.8, 4) is 0 Å². The van der Waals surface area contributed by atoms with Crippen LogP contribution in [0.15, 0.2) is 53.6 Å². The number of allylic oxidation sites excluding steroid dienone is 1. The molecule has 0 spiro atoms. The van der Waals surface area contributed by atoms with E-state index in [0.717, 1.165) is 34.6 Å². The van der Waals surface area contributed by atoms with Crippen LogP contribution in [0.1, 0.15) is 40.1 Å². The van der Waals surface area contributed by atoms with Crippen LogP contribution >= 0.6 is 0 Å². The number of nitrogens with two attached hydrogens (primary N) is 1. The van der Waals surface area contributed by atoms with Gasteiger partial charge in [0.1, 0.15) is 5.82 Å². The average molecular weight is 431 g/mol. The lowest BCUT2D eigenvalue weighted by Crippen LogP contribution is -2.29. The van der Waals surface area contributed by atoms with Crippen LogP contribution in [0.4, 0.5) is 11.6 Å². The van der Waals surface area contributed by atoms with Crippen LogP contribution in [0.2, 0.25) is 0 Å². The largest absolute Gasteiger partial charge is 0.384 e. The number of nitrogens with one attached hydrogen (secondary N) is 2. The molecule has 2 aromatic heterocycles. The maximum Gasteiger partial charge on any atom is 0.293 e.